The van der Waals surface area contributed by atoms with Crippen LogP contribution >= 0.6 is 11.3 Å². The van der Waals surface area contributed by atoms with Gasteiger partial charge in [-0.25, -0.2) is 9.37 Å². The number of fused-ring (bicyclic) bond motifs is 1. The summed E-state index contributed by atoms with van der Waals surface area (Å²) in [6.45, 7) is 0. The number of carbonyl (C=O) groups is 1. The number of hydrogen-bond acceptors (Lipinski definition) is 5. The van der Waals surface area contributed by atoms with Gasteiger partial charge in [-0.3, -0.25) is 15.6 Å². The Morgan fingerprint density at radius 1 is 1.27 bits per heavy atom. The molecule has 0 bridgehead atoms. The lowest BCUT2D eigenvalue weighted by Crippen LogP contribution is -2.29. The van der Waals surface area contributed by atoms with E-state index in [0.717, 1.165) is 16.0 Å². The van der Waals surface area contributed by atoms with Crippen LogP contribution in [0.4, 0.5) is 9.52 Å². The number of hydrazine groups is 1. The van der Waals surface area contributed by atoms with Crippen molar-refractivity contribution in [1.29, 1.82) is 0 Å². The molecule has 1 amide bonds. The van der Waals surface area contributed by atoms with Crippen molar-refractivity contribution in [3.8, 4) is 5.75 Å². The van der Waals surface area contributed by atoms with Gasteiger partial charge in [0.05, 0.1) is 22.9 Å². The lowest BCUT2D eigenvalue weighted by molar-refractivity contribution is 0.0958. The van der Waals surface area contributed by atoms with Crippen molar-refractivity contribution in [3.05, 3.63) is 53.8 Å². The van der Waals surface area contributed by atoms with Crippen LogP contribution < -0.4 is 15.6 Å². The molecule has 1 aromatic heterocycles. The molecule has 22 heavy (non-hydrogen) atoms. The first-order valence-electron chi connectivity index (χ1n) is 6.43. The molecule has 2 aromatic carbocycles. The summed E-state index contributed by atoms with van der Waals surface area (Å²) < 4.78 is 19.6. The van der Waals surface area contributed by atoms with Crippen LogP contribution in [0, 0.1) is 5.82 Å². The predicted octanol–water partition coefficient (Wildman–Crippen LogP) is 3.20. The highest BCUT2D eigenvalue weighted by molar-refractivity contribution is 7.22. The molecule has 5 nitrogen and oxygen atoms in total. The van der Waals surface area contributed by atoms with Crippen LogP contribution in [0.15, 0.2) is 42.5 Å². The first-order valence-corrected chi connectivity index (χ1v) is 7.24. The minimum Gasteiger partial charge on any atom is -0.497 e. The number of nitrogens with zero attached hydrogens (tertiary/aromatic N) is 1. The van der Waals surface area contributed by atoms with E-state index in [0.29, 0.717) is 5.13 Å². The van der Waals surface area contributed by atoms with Gasteiger partial charge in [-0.1, -0.05) is 23.5 Å². The number of hydrogen-bond donors (Lipinski definition) is 2. The maximum absolute atomic E-state index is 13.5. The number of carbonyl (C=O) groups excluding carboxylic acids is 1. The van der Waals surface area contributed by atoms with Gasteiger partial charge in [-0.15, -0.1) is 0 Å². The van der Waals surface area contributed by atoms with E-state index in [1.165, 1.54) is 29.5 Å². The Kier molecular flexibility index (Phi) is 3.88. The summed E-state index contributed by atoms with van der Waals surface area (Å²) in [6.07, 6.45) is 0. The molecular weight excluding hydrogens is 305 g/mol. The fourth-order valence-electron chi connectivity index (χ4n) is 1.91. The molecule has 7 heteroatoms. The highest BCUT2D eigenvalue weighted by Gasteiger charge is 2.11. The molecule has 3 aromatic rings. The van der Waals surface area contributed by atoms with Crippen molar-refractivity contribution in [2.24, 2.45) is 0 Å². The van der Waals surface area contributed by atoms with Gasteiger partial charge in [0.2, 0.25) is 5.13 Å². The zero-order valence-corrected chi connectivity index (χ0v) is 12.4. The van der Waals surface area contributed by atoms with Crippen LogP contribution in [0.25, 0.3) is 10.2 Å². The number of amides is 1. The lowest BCUT2D eigenvalue weighted by atomic mass is 10.2. The SMILES string of the molecule is COc1ccc2nc(NNC(=O)c3ccccc3F)sc2c1. The number of halogens is 1. The van der Waals surface area contributed by atoms with Gasteiger partial charge in [-0.2, -0.15) is 0 Å². The Morgan fingerprint density at radius 2 is 2.09 bits per heavy atom. The number of thiazole rings is 1. The van der Waals surface area contributed by atoms with E-state index in [4.69, 9.17) is 4.74 Å². The third-order valence-corrected chi connectivity index (χ3v) is 3.93. The van der Waals surface area contributed by atoms with E-state index >= 15 is 0 Å². The number of benzene rings is 2. The number of methoxy groups -OCH3 is 1. The Morgan fingerprint density at radius 3 is 2.86 bits per heavy atom. The van der Waals surface area contributed by atoms with Gasteiger partial charge in [-0.05, 0) is 30.3 Å². The smallest absolute Gasteiger partial charge is 0.272 e. The highest BCUT2D eigenvalue weighted by atomic mass is 32.1. The lowest BCUT2D eigenvalue weighted by Gasteiger charge is -2.05. The summed E-state index contributed by atoms with van der Waals surface area (Å²) in [5.41, 5.74) is 5.89. The van der Waals surface area contributed by atoms with Crippen molar-refractivity contribution < 1.29 is 13.9 Å². The van der Waals surface area contributed by atoms with E-state index in [1.807, 2.05) is 18.2 Å². The number of aromatic nitrogens is 1. The normalized spacial score (nSPS) is 10.5. The second-order valence-corrected chi connectivity index (χ2v) is 5.44. The van der Waals surface area contributed by atoms with Crippen LogP contribution in [-0.2, 0) is 0 Å². The molecule has 0 fully saturated rings. The van der Waals surface area contributed by atoms with Gasteiger partial charge in [0.25, 0.3) is 5.91 Å². The average Bonchev–Trinajstić information content (AvgIpc) is 2.94. The maximum Gasteiger partial charge on any atom is 0.272 e. The summed E-state index contributed by atoms with van der Waals surface area (Å²) >= 11 is 1.36. The van der Waals surface area contributed by atoms with Crippen molar-refractivity contribution in [3.63, 3.8) is 0 Å². The molecule has 0 radical (unpaired) electrons. The van der Waals surface area contributed by atoms with Crippen molar-refractivity contribution in [2.75, 3.05) is 12.5 Å². The zero-order valence-electron chi connectivity index (χ0n) is 11.6. The van der Waals surface area contributed by atoms with Gasteiger partial charge < -0.3 is 4.74 Å². The number of anilines is 1. The molecule has 0 saturated carbocycles. The standard InChI is InChI=1S/C15H12FN3O2S/c1-21-9-6-7-12-13(8-9)22-15(17-12)19-18-14(20)10-4-2-3-5-11(10)16/h2-8H,1H3,(H,17,19)(H,18,20). The van der Waals surface area contributed by atoms with Gasteiger partial charge in [0.1, 0.15) is 11.6 Å². The highest BCUT2D eigenvalue weighted by Crippen LogP contribution is 2.28. The molecule has 0 aliphatic carbocycles. The molecule has 1 heterocycles. The first kappa shape index (κ1) is 14.3. The molecule has 0 spiro atoms. The van der Waals surface area contributed by atoms with Crippen LogP contribution in [0.5, 0.6) is 5.75 Å². The van der Waals surface area contributed by atoms with Crippen LogP contribution in [0.2, 0.25) is 0 Å². The Hall–Kier alpha value is -2.67. The summed E-state index contributed by atoms with van der Waals surface area (Å²) in [6, 6.07) is 11.3. The Bertz CT molecular complexity index is 835. The fourth-order valence-corrected chi connectivity index (χ4v) is 2.76. The van der Waals surface area contributed by atoms with Crippen molar-refractivity contribution >= 4 is 32.6 Å². The van der Waals surface area contributed by atoms with E-state index in [9.17, 15) is 9.18 Å². The third-order valence-electron chi connectivity index (χ3n) is 3.00. The van der Waals surface area contributed by atoms with E-state index in [1.54, 1.807) is 13.2 Å². The molecule has 3 rings (SSSR count). The summed E-state index contributed by atoms with van der Waals surface area (Å²) in [7, 11) is 1.59. The number of rotatable bonds is 4. The van der Waals surface area contributed by atoms with Crippen LogP contribution in [0.3, 0.4) is 0 Å². The van der Waals surface area contributed by atoms with Gasteiger partial charge in [0, 0.05) is 0 Å². The molecule has 0 saturated heterocycles. The third kappa shape index (κ3) is 2.84. The van der Waals surface area contributed by atoms with Crippen LogP contribution in [0.1, 0.15) is 10.4 Å². The van der Waals surface area contributed by atoms with Gasteiger partial charge >= 0.3 is 0 Å². The second-order valence-electron chi connectivity index (χ2n) is 4.41. The molecule has 2 N–H and O–H groups in total. The molecule has 0 unspecified atom stereocenters. The largest absolute Gasteiger partial charge is 0.497 e. The monoisotopic (exact) mass is 317 g/mol. The summed E-state index contributed by atoms with van der Waals surface area (Å²) in [5, 5.41) is 0.507. The van der Waals surface area contributed by atoms with E-state index in [-0.39, 0.29) is 5.56 Å². The molecule has 0 aliphatic rings. The molecule has 0 atom stereocenters. The summed E-state index contributed by atoms with van der Waals surface area (Å²) in [4.78, 5) is 16.2. The quantitative estimate of drug-likeness (QED) is 0.725. The van der Waals surface area contributed by atoms with E-state index in [2.05, 4.69) is 15.8 Å². The fraction of sp³-hybridized carbons (Fsp3) is 0.0667. The maximum atomic E-state index is 13.5. The molecular formula is C15H12FN3O2S. The van der Waals surface area contributed by atoms with Gasteiger partial charge in [0.15, 0.2) is 0 Å². The topological polar surface area (TPSA) is 63.2 Å². The van der Waals surface area contributed by atoms with Crippen molar-refractivity contribution in [1.82, 2.24) is 10.4 Å². The number of ether oxygens (including phenoxy) is 1. The minimum absolute atomic E-state index is 0.0298. The molecule has 112 valence electrons. The minimum atomic E-state index is -0.573. The van der Waals surface area contributed by atoms with E-state index < -0.39 is 11.7 Å². The van der Waals surface area contributed by atoms with Crippen LogP contribution in [-0.4, -0.2) is 18.0 Å². The van der Waals surface area contributed by atoms with Crippen molar-refractivity contribution in [2.45, 2.75) is 0 Å². The zero-order chi connectivity index (χ0) is 15.5. The first-order chi connectivity index (χ1) is 10.7. The number of nitrogens with one attached hydrogen (secondary N) is 2. The Labute approximate surface area is 129 Å². The summed E-state index contributed by atoms with van der Waals surface area (Å²) in [5.74, 6) is -0.399. The Balaban J connectivity index is 1.74. The average molecular weight is 317 g/mol. The molecule has 0 aliphatic heterocycles. The second kappa shape index (κ2) is 5.98. The predicted molar refractivity (Wildman–Crippen MR) is 83.7 cm³/mol.